The summed E-state index contributed by atoms with van der Waals surface area (Å²) in [5.74, 6) is 0.408. The van der Waals surface area contributed by atoms with E-state index in [-0.39, 0.29) is 11.1 Å². The third-order valence-electron chi connectivity index (χ3n) is 7.98. The second kappa shape index (κ2) is 9.04. The summed E-state index contributed by atoms with van der Waals surface area (Å²) in [4.78, 5) is 13.2. The van der Waals surface area contributed by atoms with Crippen LogP contribution in [0.1, 0.15) is 61.9 Å². The monoisotopic (exact) mass is 515 g/mol. The van der Waals surface area contributed by atoms with E-state index in [1.54, 1.807) is 4.68 Å². The van der Waals surface area contributed by atoms with Gasteiger partial charge in [0, 0.05) is 11.9 Å². The first kappa shape index (κ1) is 24.5. The first-order valence-corrected chi connectivity index (χ1v) is 16.5. The van der Waals surface area contributed by atoms with Crippen LogP contribution in [0.3, 0.4) is 0 Å². The van der Waals surface area contributed by atoms with Crippen molar-refractivity contribution in [2.75, 3.05) is 18.5 Å². The van der Waals surface area contributed by atoms with Crippen LogP contribution in [0.25, 0.3) is 0 Å². The first-order chi connectivity index (χ1) is 16.5. The van der Waals surface area contributed by atoms with Gasteiger partial charge in [0.1, 0.15) is 12.6 Å². The Morgan fingerprint density at radius 2 is 1.89 bits per heavy atom. The lowest BCUT2D eigenvalue weighted by molar-refractivity contribution is 0.208. The Balaban J connectivity index is 1.31. The summed E-state index contributed by atoms with van der Waals surface area (Å²) >= 11 is 0. The SMILES string of the molecule is CC(C)(C)[Si](C)(C)OC[C@H]1COc2c([S-](=O)=NC(=O)Nc3c4c(cc5c3CCC5)CCC4)cnn21. The molecule has 1 atom stereocenters. The van der Waals surface area contributed by atoms with Crippen LogP contribution in [0.15, 0.2) is 21.5 Å². The largest absolute Gasteiger partial charge is 0.476 e. The number of carbonyl (C=O) groups is 1. The molecule has 2 aromatic rings. The molecule has 35 heavy (non-hydrogen) atoms. The number of carbonyl (C=O) groups excluding carboxylic acids is 1. The Labute approximate surface area is 210 Å². The van der Waals surface area contributed by atoms with E-state index in [4.69, 9.17) is 9.16 Å². The van der Waals surface area contributed by atoms with Gasteiger partial charge < -0.3 is 23.1 Å². The second-order valence-corrected chi connectivity index (χ2v) is 17.2. The summed E-state index contributed by atoms with van der Waals surface area (Å²) in [6.07, 6.45) is 7.71. The fourth-order valence-electron chi connectivity index (χ4n) is 4.96. The van der Waals surface area contributed by atoms with E-state index in [1.165, 1.54) is 28.5 Å². The van der Waals surface area contributed by atoms with Gasteiger partial charge in [-0.3, -0.25) is 0 Å². The molecular weight excluding hydrogens is 480 g/mol. The number of urea groups is 1. The van der Waals surface area contributed by atoms with Crippen molar-refractivity contribution in [3.8, 4) is 5.88 Å². The van der Waals surface area contributed by atoms with Crippen molar-refractivity contribution in [3.63, 3.8) is 0 Å². The fourth-order valence-corrected chi connectivity index (χ4v) is 6.74. The molecule has 1 N–H and O–H groups in total. The van der Waals surface area contributed by atoms with Crippen molar-refractivity contribution >= 4 is 30.6 Å². The van der Waals surface area contributed by atoms with Crippen molar-refractivity contribution in [1.82, 2.24) is 9.78 Å². The van der Waals surface area contributed by atoms with Gasteiger partial charge in [0.15, 0.2) is 14.2 Å². The molecule has 10 heteroatoms. The molecule has 3 aliphatic rings. The summed E-state index contributed by atoms with van der Waals surface area (Å²) in [5.41, 5.74) is 6.00. The van der Waals surface area contributed by atoms with E-state index in [1.807, 2.05) is 0 Å². The zero-order valence-corrected chi connectivity index (χ0v) is 23.1. The number of ether oxygens (including phenoxy) is 1. The fraction of sp³-hybridized carbons (Fsp3) is 0.600. The van der Waals surface area contributed by atoms with E-state index < -0.39 is 24.9 Å². The van der Waals surface area contributed by atoms with Crippen molar-refractivity contribution in [2.45, 2.75) is 88.4 Å². The minimum Gasteiger partial charge on any atom is -0.476 e. The number of benzene rings is 1. The van der Waals surface area contributed by atoms with Crippen LogP contribution < -0.4 is 10.1 Å². The van der Waals surface area contributed by atoms with Crippen molar-refractivity contribution < 1.29 is 18.2 Å². The predicted molar refractivity (Wildman–Crippen MR) is 138 cm³/mol. The highest BCUT2D eigenvalue weighted by Crippen LogP contribution is 2.40. The molecule has 0 fully saturated rings. The topological polar surface area (TPSA) is 94.8 Å². The molecule has 0 bridgehead atoms. The minimum absolute atomic E-state index is 0.0896. The van der Waals surface area contributed by atoms with E-state index in [9.17, 15) is 9.00 Å². The summed E-state index contributed by atoms with van der Waals surface area (Å²) in [6.45, 7) is 11.9. The highest BCUT2D eigenvalue weighted by atomic mass is 32.2. The van der Waals surface area contributed by atoms with Crippen molar-refractivity contribution in [1.29, 1.82) is 0 Å². The van der Waals surface area contributed by atoms with Crippen LogP contribution >= 0.6 is 0 Å². The lowest BCUT2D eigenvalue weighted by atomic mass is 9.99. The number of fused-ring (bicyclic) bond motifs is 3. The molecule has 2 heterocycles. The summed E-state index contributed by atoms with van der Waals surface area (Å²) in [5, 5.41) is 7.48. The van der Waals surface area contributed by atoms with Crippen LogP contribution in [0.2, 0.25) is 18.1 Å². The summed E-state index contributed by atoms with van der Waals surface area (Å²) < 4.78 is 30.8. The molecule has 190 valence electrons. The Morgan fingerprint density at radius 3 is 2.51 bits per heavy atom. The number of aromatic nitrogens is 2. The maximum Gasteiger partial charge on any atom is 0.322 e. The number of nitrogens with zero attached hydrogens (tertiary/aromatic N) is 3. The third kappa shape index (κ3) is 4.56. The highest BCUT2D eigenvalue weighted by molar-refractivity contribution is 7.75. The summed E-state index contributed by atoms with van der Waals surface area (Å²) in [6, 6.07) is 1.63. The van der Waals surface area contributed by atoms with Crippen LogP contribution in [0.5, 0.6) is 5.88 Å². The first-order valence-electron chi connectivity index (χ1n) is 12.5. The average molecular weight is 516 g/mol. The average Bonchev–Trinajstić information content (AvgIpc) is 3.55. The van der Waals surface area contributed by atoms with Gasteiger partial charge in [-0.25, -0.2) is 9.48 Å². The van der Waals surface area contributed by atoms with E-state index >= 15 is 0 Å². The molecule has 1 aliphatic heterocycles. The third-order valence-corrected chi connectivity index (χ3v) is 13.5. The van der Waals surface area contributed by atoms with Crippen LogP contribution in [-0.2, 0) is 44.9 Å². The van der Waals surface area contributed by atoms with E-state index in [2.05, 4.69) is 54.7 Å². The second-order valence-electron chi connectivity index (χ2n) is 11.3. The van der Waals surface area contributed by atoms with Gasteiger partial charge in [-0.05, 0) is 83.8 Å². The van der Waals surface area contributed by atoms with Crippen molar-refractivity contribution in [2.24, 2.45) is 4.36 Å². The molecule has 2 amide bonds. The minimum atomic E-state index is -1.91. The van der Waals surface area contributed by atoms with Crippen molar-refractivity contribution in [3.05, 3.63) is 34.5 Å². The van der Waals surface area contributed by atoms with E-state index in [0.29, 0.717) is 24.0 Å². The molecule has 0 spiro atoms. The quantitative estimate of drug-likeness (QED) is 0.416. The Morgan fingerprint density at radius 1 is 1.23 bits per heavy atom. The highest BCUT2D eigenvalue weighted by Gasteiger charge is 2.38. The molecule has 1 aromatic carbocycles. The van der Waals surface area contributed by atoms with E-state index in [0.717, 1.165) is 44.2 Å². The molecule has 0 radical (unpaired) electrons. The summed E-state index contributed by atoms with van der Waals surface area (Å²) in [7, 11) is -3.82. The van der Waals surface area contributed by atoms with Gasteiger partial charge in [0.2, 0.25) is 0 Å². The van der Waals surface area contributed by atoms with Crippen LogP contribution in [0.4, 0.5) is 10.5 Å². The lowest BCUT2D eigenvalue weighted by Gasteiger charge is -2.36. The zero-order chi connectivity index (χ0) is 25.0. The smallest absolute Gasteiger partial charge is 0.322 e. The molecule has 0 saturated carbocycles. The maximum absolute atomic E-state index is 13.0. The number of hydrogen-bond donors (Lipinski definition) is 1. The van der Waals surface area contributed by atoms with Crippen LogP contribution in [-0.4, -0.2) is 37.3 Å². The number of hydrogen-bond acceptors (Lipinski definition) is 6. The van der Waals surface area contributed by atoms with Gasteiger partial charge in [-0.1, -0.05) is 26.8 Å². The molecular formula is C25H35N4O4SSi-. The zero-order valence-electron chi connectivity index (χ0n) is 21.3. The number of aryl methyl sites for hydroxylation is 2. The van der Waals surface area contributed by atoms with Crippen LogP contribution in [0, 0.1) is 0 Å². The van der Waals surface area contributed by atoms with Gasteiger partial charge >= 0.3 is 6.03 Å². The van der Waals surface area contributed by atoms with Gasteiger partial charge in [-0.2, -0.15) is 5.10 Å². The predicted octanol–water partition coefficient (Wildman–Crippen LogP) is 5.55. The lowest BCUT2D eigenvalue weighted by Crippen LogP contribution is -2.42. The Hall–Kier alpha value is -2.17. The Kier molecular flexibility index (Phi) is 6.34. The molecule has 2 aliphatic carbocycles. The Bertz CT molecular complexity index is 1220. The normalized spacial score (nSPS) is 19.9. The molecule has 5 rings (SSSR count). The number of amides is 2. The van der Waals surface area contributed by atoms with Gasteiger partial charge in [0.05, 0.1) is 6.61 Å². The molecule has 8 nitrogen and oxygen atoms in total. The maximum atomic E-state index is 13.0. The molecule has 0 unspecified atom stereocenters. The number of rotatable bonds is 5. The van der Waals surface area contributed by atoms with Gasteiger partial charge in [0.25, 0.3) is 0 Å². The number of anilines is 1. The molecule has 1 aromatic heterocycles. The number of nitrogens with one attached hydrogen (secondary N) is 1. The van der Waals surface area contributed by atoms with Gasteiger partial charge in [-0.15, -0.1) is 10.6 Å². The molecule has 0 saturated heterocycles. The standard InChI is InChI=1S/C25H35N4O4SSi/c1-25(2,3)35(4,5)33-15-18-14-32-23-21(13-26-29(18)23)34(31)28-24(30)27-22-19-10-6-8-16(19)12-17-9-7-11-20(17)22/h12-13,18H,6-11,14-15H2,1-5H3,(H,27,30)/q-1/t18-/m1/s1.